The number of benzene rings is 10. The minimum Gasteiger partial charge on any atom is -0.309 e. The second-order valence-corrected chi connectivity index (χ2v) is 19.3. The Balaban J connectivity index is 1.03. The SMILES string of the molecule is [2H]c1c([2H])c([2H])c(-c2ccc3c(c2)c2ccccc2n3-c2ccccc2-c2nc(-c3ccccc3-n3c4ccccc4c4cc(-c5c([2H])c([2H])c([2H])c([2H])c5[2H])ccc43)nc(-n3c4ccccc4c4cc(C(C)(C)C)ccc43)n2)c([2H])c1[2H]. The van der Waals surface area contributed by atoms with Gasteiger partial charge in [0, 0.05) is 43.4 Å². The van der Waals surface area contributed by atoms with Gasteiger partial charge in [-0.25, -0.2) is 4.98 Å². The van der Waals surface area contributed by atoms with E-state index in [9.17, 15) is 0 Å². The van der Waals surface area contributed by atoms with Crippen LogP contribution in [0.4, 0.5) is 0 Å². The monoisotopic (exact) mass is 946 g/mol. The Morgan fingerprint density at radius 3 is 1.21 bits per heavy atom. The van der Waals surface area contributed by atoms with Gasteiger partial charge < -0.3 is 9.13 Å². The molecule has 14 rings (SSSR count). The molecule has 0 aliphatic heterocycles. The molecule has 14 aromatic rings. The van der Waals surface area contributed by atoms with Crippen molar-refractivity contribution in [2.75, 3.05) is 0 Å². The standard InChI is InChI=1S/C67H48N6/c1-67(2,3)47-36-39-63-55(42-47)50-26-12-17-31-58(50)73(63)66-69-64(51-27-13-18-32-59(51)71-56-29-15-10-24-48(56)53-40-45(34-37-61(53)71)43-20-6-4-7-21-43)68-65(70-66)52-28-14-19-33-60(52)72-57-30-16-11-25-49(57)54-41-46(35-38-62(54)72)44-22-8-5-9-23-44/h4-42H,1-3H3/i4D,5D,6D,7D,8D,9D,20D,21D,22D,23D. The predicted octanol–water partition coefficient (Wildman–Crippen LogP) is 17.1. The van der Waals surface area contributed by atoms with Gasteiger partial charge in [0.05, 0.1) is 58.2 Å². The maximum Gasteiger partial charge on any atom is 0.238 e. The van der Waals surface area contributed by atoms with Crippen molar-refractivity contribution in [2.45, 2.75) is 26.2 Å². The lowest BCUT2D eigenvalue weighted by Gasteiger charge is -2.19. The molecule has 0 saturated heterocycles. The van der Waals surface area contributed by atoms with Crippen LogP contribution in [0.5, 0.6) is 0 Å². The molecule has 4 heterocycles. The highest BCUT2D eigenvalue weighted by Crippen LogP contribution is 2.42. The van der Waals surface area contributed by atoms with Gasteiger partial charge in [-0.1, -0.05) is 178 Å². The van der Waals surface area contributed by atoms with E-state index in [0.29, 0.717) is 39.9 Å². The number of fused-ring (bicyclic) bond motifs is 9. The van der Waals surface area contributed by atoms with Crippen molar-refractivity contribution in [2.24, 2.45) is 0 Å². The molecule has 0 fully saturated rings. The first-order valence-electron chi connectivity index (χ1n) is 29.2. The quantitative estimate of drug-likeness (QED) is 0.160. The van der Waals surface area contributed by atoms with Crippen molar-refractivity contribution < 1.29 is 13.7 Å². The normalized spacial score (nSPS) is 14.0. The number of nitrogens with zero attached hydrogens (tertiary/aromatic N) is 6. The lowest BCUT2D eigenvalue weighted by molar-refractivity contribution is 0.591. The molecule has 6 heteroatoms. The van der Waals surface area contributed by atoms with Crippen LogP contribution in [0.3, 0.4) is 0 Å². The third-order valence-electron chi connectivity index (χ3n) is 14.1. The van der Waals surface area contributed by atoms with Crippen molar-refractivity contribution >= 4 is 65.4 Å². The topological polar surface area (TPSA) is 53.5 Å². The van der Waals surface area contributed by atoms with Gasteiger partial charge in [-0.05, 0) is 112 Å². The van der Waals surface area contributed by atoms with Crippen LogP contribution in [0.25, 0.3) is 128 Å². The van der Waals surface area contributed by atoms with E-state index in [1.165, 1.54) is 5.56 Å². The van der Waals surface area contributed by atoms with Gasteiger partial charge in [0.1, 0.15) is 0 Å². The minimum absolute atomic E-state index is 0.124. The van der Waals surface area contributed by atoms with Gasteiger partial charge in [0.2, 0.25) is 5.95 Å². The lowest BCUT2D eigenvalue weighted by atomic mass is 9.86. The number of aromatic nitrogens is 6. The summed E-state index contributed by atoms with van der Waals surface area (Å²) in [6.07, 6.45) is 0. The molecular formula is C67H48N6. The molecule has 0 radical (unpaired) electrons. The van der Waals surface area contributed by atoms with Gasteiger partial charge >= 0.3 is 0 Å². The summed E-state index contributed by atoms with van der Waals surface area (Å²) >= 11 is 0. The van der Waals surface area contributed by atoms with Crippen molar-refractivity contribution in [1.29, 1.82) is 0 Å². The third kappa shape index (κ3) is 6.90. The molecule has 0 spiro atoms. The zero-order valence-corrected chi connectivity index (χ0v) is 39.9. The van der Waals surface area contributed by atoms with Gasteiger partial charge in [0.25, 0.3) is 0 Å². The van der Waals surface area contributed by atoms with E-state index in [2.05, 4.69) is 64.8 Å². The van der Waals surface area contributed by atoms with Gasteiger partial charge in [-0.3, -0.25) is 4.57 Å². The number of hydrogen-bond donors (Lipinski definition) is 0. The van der Waals surface area contributed by atoms with Crippen LogP contribution in [0.15, 0.2) is 236 Å². The van der Waals surface area contributed by atoms with Crippen LogP contribution in [0.2, 0.25) is 0 Å². The summed E-state index contributed by atoms with van der Waals surface area (Å²) in [4.78, 5) is 16.5. The molecule has 0 amide bonds. The largest absolute Gasteiger partial charge is 0.309 e. The highest BCUT2D eigenvalue weighted by molar-refractivity contribution is 6.13. The summed E-state index contributed by atoms with van der Waals surface area (Å²) in [6.45, 7) is 6.62. The van der Waals surface area contributed by atoms with Crippen molar-refractivity contribution in [1.82, 2.24) is 28.7 Å². The molecule has 4 aromatic heterocycles. The molecule has 10 aromatic carbocycles. The van der Waals surface area contributed by atoms with Crippen LogP contribution in [0.1, 0.15) is 40.0 Å². The highest BCUT2D eigenvalue weighted by atomic mass is 15.2. The summed E-state index contributed by atoms with van der Waals surface area (Å²) in [6, 6.07) is 54.6. The zero-order chi connectivity index (χ0) is 57.5. The molecular weight excluding hydrogens is 889 g/mol. The van der Waals surface area contributed by atoms with Crippen molar-refractivity contribution in [3.63, 3.8) is 0 Å². The third-order valence-corrected chi connectivity index (χ3v) is 14.1. The van der Waals surface area contributed by atoms with E-state index in [0.717, 1.165) is 76.8 Å². The van der Waals surface area contributed by atoms with E-state index in [1.807, 2.05) is 146 Å². The van der Waals surface area contributed by atoms with Gasteiger partial charge in [0.15, 0.2) is 11.6 Å². The van der Waals surface area contributed by atoms with Crippen LogP contribution in [-0.4, -0.2) is 28.7 Å². The number of rotatable bonds is 7. The van der Waals surface area contributed by atoms with Crippen molar-refractivity contribution in [3.8, 4) is 62.4 Å². The Morgan fingerprint density at radius 1 is 0.342 bits per heavy atom. The Morgan fingerprint density at radius 2 is 0.726 bits per heavy atom. The number of hydrogen-bond acceptors (Lipinski definition) is 3. The molecule has 0 N–H and O–H groups in total. The molecule has 0 aliphatic rings. The smallest absolute Gasteiger partial charge is 0.238 e. The van der Waals surface area contributed by atoms with Crippen LogP contribution >= 0.6 is 0 Å². The molecule has 0 unspecified atom stereocenters. The second kappa shape index (κ2) is 16.6. The average Bonchev–Trinajstić information content (AvgIpc) is 2.12. The summed E-state index contributed by atoms with van der Waals surface area (Å²) in [5.74, 6) is 1.17. The van der Waals surface area contributed by atoms with Crippen LogP contribution in [0, 0.1) is 0 Å². The first-order chi connectivity index (χ1) is 40.0. The fourth-order valence-corrected chi connectivity index (χ4v) is 10.6. The Kier molecular flexibility index (Phi) is 7.56. The molecule has 6 nitrogen and oxygen atoms in total. The summed E-state index contributed by atoms with van der Waals surface area (Å²) in [5, 5.41) is 5.51. The zero-order valence-electron chi connectivity index (χ0n) is 49.9. The maximum atomic E-state index is 8.84. The van der Waals surface area contributed by atoms with Gasteiger partial charge in [-0.15, -0.1) is 0 Å². The first-order valence-corrected chi connectivity index (χ1v) is 24.2. The van der Waals surface area contributed by atoms with Crippen molar-refractivity contribution in [3.05, 3.63) is 242 Å². The Bertz CT molecular complexity index is 4800. The van der Waals surface area contributed by atoms with E-state index in [1.54, 1.807) is 0 Å². The minimum atomic E-state index is -0.447. The van der Waals surface area contributed by atoms with Gasteiger partial charge in [-0.2, -0.15) is 9.97 Å². The summed E-state index contributed by atoms with van der Waals surface area (Å²) < 4.78 is 92.2. The van der Waals surface area contributed by atoms with Crippen LogP contribution in [-0.2, 0) is 5.41 Å². The summed E-state index contributed by atoms with van der Waals surface area (Å²) in [7, 11) is 0. The maximum absolute atomic E-state index is 8.84. The molecule has 0 bridgehead atoms. The van der Waals surface area contributed by atoms with E-state index in [4.69, 9.17) is 28.7 Å². The fraction of sp³-hybridized carbons (Fsp3) is 0.0597. The molecule has 0 saturated carbocycles. The Hall–Kier alpha value is -9.39. The Labute approximate surface area is 436 Å². The molecule has 0 aliphatic carbocycles. The first kappa shape index (κ1) is 33.2. The average molecular weight is 947 g/mol. The van der Waals surface area contributed by atoms with E-state index < -0.39 is 36.3 Å². The lowest BCUT2D eigenvalue weighted by Crippen LogP contribution is -2.11. The summed E-state index contributed by atoms with van der Waals surface area (Å²) in [5.41, 5.74) is 10.4. The molecule has 0 atom stereocenters. The predicted molar refractivity (Wildman–Crippen MR) is 303 cm³/mol. The van der Waals surface area contributed by atoms with Crippen LogP contribution < -0.4 is 0 Å². The number of para-hydroxylation sites is 5. The molecule has 346 valence electrons. The van der Waals surface area contributed by atoms with E-state index in [-0.39, 0.29) is 40.7 Å². The van der Waals surface area contributed by atoms with E-state index >= 15 is 0 Å². The second-order valence-electron chi connectivity index (χ2n) is 19.3. The molecule has 73 heavy (non-hydrogen) atoms. The fourth-order valence-electron chi connectivity index (χ4n) is 10.6. The highest BCUT2D eigenvalue weighted by Gasteiger charge is 2.25.